The Balaban J connectivity index is 1.83. The molecule has 2 N–H and O–H groups in total. The molecule has 1 heterocycles. The van der Waals surface area contributed by atoms with Crippen LogP contribution >= 0.6 is 0 Å². The van der Waals surface area contributed by atoms with Gasteiger partial charge in [0.05, 0.1) is 16.2 Å². The van der Waals surface area contributed by atoms with Crippen LogP contribution < -0.4 is 15.0 Å². The number of carbonyl (C=O) groups excluding carboxylic acids is 2. The largest absolute Gasteiger partial charge is 0.478 e. The van der Waals surface area contributed by atoms with Crippen LogP contribution in [0.3, 0.4) is 0 Å². The average molecular weight is 399 g/mol. The zero-order chi connectivity index (χ0) is 21.3. The maximum absolute atomic E-state index is 12.8. The van der Waals surface area contributed by atoms with Crippen molar-refractivity contribution in [2.45, 2.75) is 19.4 Å². The number of carboxylic acid groups (broad SMARTS) is 1. The number of benzene rings is 2. The molecule has 0 bridgehead atoms. The maximum Gasteiger partial charge on any atom is 0.335 e. The average Bonchev–Trinajstić information content (AvgIpc) is 2.65. The SMILES string of the molecule is CC1(C)Oc2cc(C(=O)O)ccc2N(CC(=O)Nc2ccc([N+](=O)[O-])cc2)C1=O. The summed E-state index contributed by atoms with van der Waals surface area (Å²) in [4.78, 5) is 47.8. The van der Waals surface area contributed by atoms with Gasteiger partial charge >= 0.3 is 5.97 Å². The molecule has 3 rings (SSSR count). The Morgan fingerprint density at radius 1 is 1.21 bits per heavy atom. The molecule has 2 aromatic rings. The number of amides is 2. The molecular weight excluding hydrogens is 382 g/mol. The summed E-state index contributed by atoms with van der Waals surface area (Å²) in [6.45, 7) is 2.70. The zero-order valence-electron chi connectivity index (χ0n) is 15.5. The molecule has 29 heavy (non-hydrogen) atoms. The fourth-order valence-electron chi connectivity index (χ4n) is 2.87. The van der Waals surface area contributed by atoms with E-state index in [9.17, 15) is 24.5 Å². The molecule has 0 saturated carbocycles. The van der Waals surface area contributed by atoms with Gasteiger partial charge in [0.15, 0.2) is 5.60 Å². The van der Waals surface area contributed by atoms with Crippen LogP contribution in [0.2, 0.25) is 0 Å². The van der Waals surface area contributed by atoms with Crippen molar-refractivity contribution in [3.63, 3.8) is 0 Å². The van der Waals surface area contributed by atoms with Crippen molar-refractivity contribution in [1.82, 2.24) is 0 Å². The molecule has 2 aromatic carbocycles. The van der Waals surface area contributed by atoms with Gasteiger partial charge in [-0.25, -0.2) is 4.79 Å². The van der Waals surface area contributed by atoms with Crippen LogP contribution in [0.1, 0.15) is 24.2 Å². The first-order chi connectivity index (χ1) is 13.6. The summed E-state index contributed by atoms with van der Waals surface area (Å²) in [5.41, 5.74) is -0.807. The van der Waals surface area contributed by atoms with Crippen LogP contribution in [-0.2, 0) is 9.59 Å². The van der Waals surface area contributed by atoms with E-state index >= 15 is 0 Å². The predicted octanol–water partition coefficient (Wildman–Crippen LogP) is 2.44. The van der Waals surface area contributed by atoms with E-state index in [1.165, 1.54) is 61.2 Å². The topological polar surface area (TPSA) is 139 Å². The molecule has 0 aromatic heterocycles. The van der Waals surface area contributed by atoms with Crippen molar-refractivity contribution in [3.8, 4) is 5.75 Å². The Bertz CT molecular complexity index is 1010. The van der Waals surface area contributed by atoms with Gasteiger partial charge in [0.25, 0.3) is 11.6 Å². The van der Waals surface area contributed by atoms with Gasteiger partial charge in [-0.3, -0.25) is 24.6 Å². The van der Waals surface area contributed by atoms with E-state index in [2.05, 4.69) is 5.32 Å². The molecular formula is C19H17N3O7. The predicted molar refractivity (Wildman–Crippen MR) is 102 cm³/mol. The lowest BCUT2D eigenvalue weighted by atomic mass is 10.0. The van der Waals surface area contributed by atoms with E-state index in [1.807, 2.05) is 0 Å². The Morgan fingerprint density at radius 3 is 2.45 bits per heavy atom. The number of nitro groups is 1. The van der Waals surface area contributed by atoms with Crippen LogP contribution in [0.25, 0.3) is 0 Å². The first kappa shape index (κ1) is 19.8. The van der Waals surface area contributed by atoms with Crippen molar-refractivity contribution < 1.29 is 29.2 Å². The van der Waals surface area contributed by atoms with E-state index in [-0.39, 0.29) is 29.2 Å². The summed E-state index contributed by atoms with van der Waals surface area (Å²) in [7, 11) is 0. The highest BCUT2D eigenvalue weighted by Gasteiger charge is 2.41. The smallest absolute Gasteiger partial charge is 0.335 e. The van der Waals surface area contributed by atoms with Crippen molar-refractivity contribution >= 4 is 34.8 Å². The van der Waals surface area contributed by atoms with Gasteiger partial charge in [0.2, 0.25) is 5.91 Å². The molecule has 1 aliphatic rings. The number of rotatable bonds is 5. The van der Waals surface area contributed by atoms with Gasteiger partial charge in [0, 0.05) is 17.8 Å². The molecule has 0 saturated heterocycles. The third kappa shape index (κ3) is 4.00. The first-order valence-electron chi connectivity index (χ1n) is 8.51. The highest BCUT2D eigenvalue weighted by Crippen LogP contribution is 2.38. The third-order valence-corrected chi connectivity index (χ3v) is 4.29. The number of nitrogens with zero attached hydrogens (tertiary/aromatic N) is 2. The first-order valence-corrected chi connectivity index (χ1v) is 8.51. The lowest BCUT2D eigenvalue weighted by Crippen LogP contribution is -2.54. The van der Waals surface area contributed by atoms with E-state index in [4.69, 9.17) is 9.84 Å². The summed E-state index contributed by atoms with van der Waals surface area (Å²) in [5.74, 6) is -1.96. The second kappa shape index (κ2) is 7.23. The molecule has 0 radical (unpaired) electrons. The van der Waals surface area contributed by atoms with E-state index in [0.29, 0.717) is 5.69 Å². The maximum atomic E-state index is 12.8. The number of aromatic carboxylic acids is 1. The van der Waals surface area contributed by atoms with Crippen LogP contribution in [0.4, 0.5) is 17.1 Å². The van der Waals surface area contributed by atoms with Crippen LogP contribution in [0, 0.1) is 10.1 Å². The van der Waals surface area contributed by atoms with E-state index < -0.39 is 28.3 Å². The summed E-state index contributed by atoms with van der Waals surface area (Å²) < 4.78 is 5.64. The number of fused-ring (bicyclic) bond motifs is 1. The molecule has 0 spiro atoms. The van der Waals surface area contributed by atoms with Gasteiger partial charge in [-0.2, -0.15) is 0 Å². The summed E-state index contributed by atoms with van der Waals surface area (Å²) in [5, 5.41) is 22.4. The van der Waals surface area contributed by atoms with Crippen molar-refractivity contribution in [2.75, 3.05) is 16.8 Å². The minimum Gasteiger partial charge on any atom is -0.478 e. The fraction of sp³-hybridized carbons (Fsp3) is 0.211. The molecule has 0 unspecified atom stereocenters. The molecule has 0 fully saturated rings. The lowest BCUT2D eigenvalue weighted by Gasteiger charge is -2.38. The number of carboxylic acids is 1. The normalized spacial score (nSPS) is 14.6. The molecule has 150 valence electrons. The fourth-order valence-corrected chi connectivity index (χ4v) is 2.87. The number of hydrogen-bond donors (Lipinski definition) is 2. The van der Waals surface area contributed by atoms with Crippen molar-refractivity contribution in [1.29, 1.82) is 0 Å². The number of hydrogen-bond acceptors (Lipinski definition) is 6. The number of ether oxygens (including phenoxy) is 1. The minimum atomic E-state index is -1.29. The van der Waals surface area contributed by atoms with Gasteiger partial charge in [-0.05, 0) is 44.2 Å². The van der Waals surface area contributed by atoms with Gasteiger partial charge in [-0.15, -0.1) is 0 Å². The molecule has 10 heteroatoms. The van der Waals surface area contributed by atoms with E-state index in [0.717, 1.165) is 0 Å². The van der Waals surface area contributed by atoms with Crippen LogP contribution in [-0.4, -0.2) is 40.0 Å². The molecule has 0 aliphatic carbocycles. The zero-order valence-corrected chi connectivity index (χ0v) is 15.5. The number of anilines is 2. The second-order valence-electron chi connectivity index (χ2n) is 6.84. The van der Waals surface area contributed by atoms with Gasteiger partial charge in [0.1, 0.15) is 12.3 Å². The van der Waals surface area contributed by atoms with Crippen molar-refractivity contribution in [2.24, 2.45) is 0 Å². The number of nitrogens with one attached hydrogen (secondary N) is 1. The summed E-state index contributed by atoms with van der Waals surface area (Å²) >= 11 is 0. The Labute approximate surface area is 164 Å². The quantitative estimate of drug-likeness (QED) is 0.581. The highest BCUT2D eigenvalue weighted by atomic mass is 16.6. The van der Waals surface area contributed by atoms with Crippen LogP contribution in [0.15, 0.2) is 42.5 Å². The summed E-state index contributed by atoms with van der Waals surface area (Å²) in [6.07, 6.45) is 0. The number of carbonyl (C=O) groups is 3. The number of nitro benzene ring substituents is 1. The van der Waals surface area contributed by atoms with Gasteiger partial charge < -0.3 is 15.2 Å². The molecule has 0 atom stereocenters. The molecule has 1 aliphatic heterocycles. The number of non-ortho nitro benzene ring substituents is 1. The monoisotopic (exact) mass is 399 g/mol. The third-order valence-electron chi connectivity index (χ3n) is 4.29. The molecule has 10 nitrogen and oxygen atoms in total. The lowest BCUT2D eigenvalue weighted by molar-refractivity contribution is -0.384. The minimum absolute atomic E-state index is 0.0100. The summed E-state index contributed by atoms with van der Waals surface area (Å²) in [6, 6.07) is 9.29. The Morgan fingerprint density at radius 2 is 1.86 bits per heavy atom. The van der Waals surface area contributed by atoms with Crippen molar-refractivity contribution in [3.05, 3.63) is 58.1 Å². The Hall–Kier alpha value is -3.95. The molecule has 2 amide bonds. The Kier molecular flexibility index (Phi) is 4.93. The van der Waals surface area contributed by atoms with E-state index in [1.54, 1.807) is 0 Å². The van der Waals surface area contributed by atoms with Gasteiger partial charge in [-0.1, -0.05) is 0 Å². The second-order valence-corrected chi connectivity index (χ2v) is 6.84. The standard InChI is InChI=1S/C19H17N3O7/c1-19(2)18(26)21(14-8-3-11(17(24)25)9-15(14)29-19)10-16(23)20-12-4-6-13(7-5-12)22(27)28/h3-9H,10H2,1-2H3,(H,20,23)(H,24,25). The van der Waals surface area contributed by atoms with Crippen LogP contribution in [0.5, 0.6) is 5.75 Å². The highest BCUT2D eigenvalue weighted by molar-refractivity contribution is 6.08.